The molecule has 0 atom stereocenters. The van der Waals surface area contributed by atoms with E-state index in [1.54, 1.807) is 0 Å². The third-order valence-corrected chi connectivity index (χ3v) is 2.81. The second-order valence-electron chi connectivity index (χ2n) is 4.23. The summed E-state index contributed by atoms with van der Waals surface area (Å²) in [4.78, 5) is 0. The zero-order valence-electron chi connectivity index (χ0n) is 10.9. The van der Waals surface area contributed by atoms with Gasteiger partial charge in [0.25, 0.3) is 0 Å². The number of benzene rings is 1. The van der Waals surface area contributed by atoms with Crippen LogP contribution in [0.3, 0.4) is 0 Å². The first kappa shape index (κ1) is 12.6. The molecule has 0 saturated heterocycles. The van der Waals surface area contributed by atoms with E-state index < -0.39 is 0 Å². The Morgan fingerprint density at radius 3 is 2.89 bits per heavy atom. The first-order valence-corrected chi connectivity index (χ1v) is 6.18. The van der Waals surface area contributed by atoms with Crippen molar-refractivity contribution in [3.8, 4) is 5.75 Å². The van der Waals surface area contributed by atoms with Crippen LogP contribution in [0.5, 0.6) is 5.75 Å². The predicted molar refractivity (Wildman–Crippen MR) is 71.3 cm³/mol. The largest absolute Gasteiger partial charge is 0.487 e. The molecule has 1 heterocycles. The van der Waals surface area contributed by atoms with Crippen LogP contribution in [0.2, 0.25) is 0 Å². The number of hydrogen-bond acceptors (Lipinski definition) is 3. The Morgan fingerprint density at radius 1 is 1.33 bits per heavy atom. The summed E-state index contributed by atoms with van der Waals surface area (Å²) in [6.07, 6.45) is 0. The van der Waals surface area contributed by atoms with Crippen molar-refractivity contribution in [2.24, 2.45) is 5.73 Å². The molecule has 0 spiro atoms. The minimum absolute atomic E-state index is 0.530. The Balaban J connectivity index is 2.06. The van der Waals surface area contributed by atoms with Gasteiger partial charge in [0.1, 0.15) is 12.4 Å². The lowest BCUT2D eigenvalue weighted by molar-refractivity contribution is 0.292. The Bertz CT molecular complexity index is 520. The van der Waals surface area contributed by atoms with E-state index in [-0.39, 0.29) is 0 Å². The maximum atomic E-state index is 5.77. The summed E-state index contributed by atoms with van der Waals surface area (Å²) in [7, 11) is 0. The summed E-state index contributed by atoms with van der Waals surface area (Å²) >= 11 is 0. The molecular weight excluding hydrogens is 226 g/mol. The van der Waals surface area contributed by atoms with Crippen LogP contribution in [0.4, 0.5) is 0 Å². The summed E-state index contributed by atoms with van der Waals surface area (Å²) in [6.45, 7) is 5.98. The summed E-state index contributed by atoms with van der Waals surface area (Å²) in [5.41, 5.74) is 8.79. The van der Waals surface area contributed by atoms with Gasteiger partial charge in [-0.25, -0.2) is 0 Å². The maximum Gasteiger partial charge on any atom is 0.130 e. The molecule has 0 aliphatic rings. The third kappa shape index (κ3) is 2.90. The standard InChI is InChI=1S/C14H19N3O/c1-3-17-13(7-11(2)16-17)10-18-14-6-4-5-12(8-14)9-15/h4-8H,3,9-10,15H2,1-2H3. The highest BCUT2D eigenvalue weighted by molar-refractivity contribution is 5.28. The van der Waals surface area contributed by atoms with Crippen LogP contribution in [-0.2, 0) is 19.7 Å². The number of aromatic nitrogens is 2. The zero-order valence-corrected chi connectivity index (χ0v) is 10.9. The van der Waals surface area contributed by atoms with Gasteiger partial charge in [-0.05, 0) is 37.6 Å². The first-order chi connectivity index (χ1) is 8.72. The molecule has 0 bridgehead atoms. The fourth-order valence-corrected chi connectivity index (χ4v) is 1.91. The van der Waals surface area contributed by atoms with Gasteiger partial charge in [0.15, 0.2) is 0 Å². The minimum atomic E-state index is 0.530. The van der Waals surface area contributed by atoms with Gasteiger partial charge in [-0.1, -0.05) is 12.1 Å². The normalized spacial score (nSPS) is 10.6. The summed E-state index contributed by atoms with van der Waals surface area (Å²) in [5, 5.41) is 4.39. The van der Waals surface area contributed by atoms with Gasteiger partial charge in [0.05, 0.1) is 11.4 Å². The lowest BCUT2D eigenvalue weighted by Crippen LogP contribution is -2.06. The van der Waals surface area contributed by atoms with Gasteiger partial charge in [-0.15, -0.1) is 0 Å². The molecule has 4 heteroatoms. The predicted octanol–water partition coefficient (Wildman–Crippen LogP) is 2.25. The van der Waals surface area contributed by atoms with Gasteiger partial charge in [0.2, 0.25) is 0 Å². The molecule has 0 radical (unpaired) electrons. The van der Waals surface area contributed by atoms with Crippen molar-refractivity contribution in [2.45, 2.75) is 33.5 Å². The summed E-state index contributed by atoms with van der Waals surface area (Å²) in [5.74, 6) is 0.847. The monoisotopic (exact) mass is 245 g/mol. The number of rotatable bonds is 5. The van der Waals surface area contributed by atoms with Crippen LogP contribution in [-0.4, -0.2) is 9.78 Å². The molecule has 0 saturated carbocycles. The SMILES string of the molecule is CCn1nc(C)cc1COc1cccc(CN)c1. The van der Waals surface area contributed by atoms with Gasteiger partial charge in [0, 0.05) is 13.1 Å². The van der Waals surface area contributed by atoms with Crippen molar-refractivity contribution >= 4 is 0 Å². The fourth-order valence-electron chi connectivity index (χ4n) is 1.91. The van der Waals surface area contributed by atoms with Gasteiger partial charge in [-0.3, -0.25) is 4.68 Å². The van der Waals surface area contributed by atoms with Crippen molar-refractivity contribution in [2.75, 3.05) is 0 Å². The Labute approximate surface area is 107 Å². The maximum absolute atomic E-state index is 5.77. The molecule has 0 aliphatic carbocycles. The van der Waals surface area contributed by atoms with Crippen LogP contribution in [0.1, 0.15) is 23.9 Å². The molecular formula is C14H19N3O. The number of nitrogens with zero attached hydrogens (tertiary/aromatic N) is 2. The van der Waals surface area contributed by atoms with Crippen LogP contribution in [0.25, 0.3) is 0 Å². The molecule has 0 amide bonds. The molecule has 0 aliphatic heterocycles. The quantitative estimate of drug-likeness (QED) is 0.879. The van der Waals surface area contributed by atoms with Crippen LogP contribution in [0, 0.1) is 6.92 Å². The second kappa shape index (κ2) is 5.69. The summed E-state index contributed by atoms with van der Waals surface area (Å²) in [6, 6.07) is 9.92. The van der Waals surface area contributed by atoms with E-state index in [4.69, 9.17) is 10.5 Å². The fraction of sp³-hybridized carbons (Fsp3) is 0.357. The molecule has 1 aromatic carbocycles. The number of nitrogens with two attached hydrogens (primary N) is 1. The average molecular weight is 245 g/mol. The van der Waals surface area contributed by atoms with E-state index in [0.717, 1.165) is 29.2 Å². The van der Waals surface area contributed by atoms with Crippen LogP contribution in [0.15, 0.2) is 30.3 Å². The summed E-state index contributed by atoms with van der Waals surface area (Å²) < 4.78 is 7.73. The molecule has 0 fully saturated rings. The van der Waals surface area contributed by atoms with Gasteiger partial charge >= 0.3 is 0 Å². The average Bonchev–Trinajstić information content (AvgIpc) is 2.77. The van der Waals surface area contributed by atoms with E-state index in [0.29, 0.717) is 13.2 Å². The molecule has 2 rings (SSSR count). The number of hydrogen-bond donors (Lipinski definition) is 1. The minimum Gasteiger partial charge on any atom is -0.487 e. The smallest absolute Gasteiger partial charge is 0.130 e. The van der Waals surface area contributed by atoms with E-state index in [1.807, 2.05) is 35.9 Å². The third-order valence-electron chi connectivity index (χ3n) is 2.81. The van der Waals surface area contributed by atoms with Crippen LogP contribution >= 0.6 is 0 Å². The Kier molecular flexibility index (Phi) is 3.99. The molecule has 0 unspecified atom stereocenters. The first-order valence-electron chi connectivity index (χ1n) is 6.18. The molecule has 96 valence electrons. The molecule has 2 N–H and O–H groups in total. The van der Waals surface area contributed by atoms with Crippen molar-refractivity contribution in [1.82, 2.24) is 9.78 Å². The van der Waals surface area contributed by atoms with E-state index in [1.165, 1.54) is 0 Å². The zero-order chi connectivity index (χ0) is 13.0. The lowest BCUT2D eigenvalue weighted by Gasteiger charge is -2.08. The van der Waals surface area contributed by atoms with E-state index >= 15 is 0 Å². The molecule has 18 heavy (non-hydrogen) atoms. The van der Waals surface area contributed by atoms with Gasteiger partial charge < -0.3 is 10.5 Å². The highest BCUT2D eigenvalue weighted by Gasteiger charge is 2.05. The van der Waals surface area contributed by atoms with Crippen LogP contribution < -0.4 is 10.5 Å². The highest BCUT2D eigenvalue weighted by atomic mass is 16.5. The lowest BCUT2D eigenvalue weighted by atomic mass is 10.2. The second-order valence-corrected chi connectivity index (χ2v) is 4.23. The Morgan fingerprint density at radius 2 is 2.17 bits per heavy atom. The Hall–Kier alpha value is -1.81. The van der Waals surface area contributed by atoms with Crippen molar-refractivity contribution in [1.29, 1.82) is 0 Å². The molecule has 4 nitrogen and oxygen atoms in total. The van der Waals surface area contributed by atoms with Crippen molar-refractivity contribution in [3.63, 3.8) is 0 Å². The number of ether oxygens (including phenoxy) is 1. The van der Waals surface area contributed by atoms with Crippen molar-refractivity contribution < 1.29 is 4.74 Å². The highest BCUT2D eigenvalue weighted by Crippen LogP contribution is 2.15. The molecule has 1 aromatic heterocycles. The van der Waals surface area contributed by atoms with Crippen molar-refractivity contribution in [3.05, 3.63) is 47.3 Å². The van der Waals surface area contributed by atoms with Gasteiger partial charge in [-0.2, -0.15) is 5.10 Å². The van der Waals surface area contributed by atoms with E-state index in [9.17, 15) is 0 Å². The molecule has 2 aromatic rings. The topological polar surface area (TPSA) is 53.1 Å². The van der Waals surface area contributed by atoms with E-state index in [2.05, 4.69) is 18.1 Å². The number of aryl methyl sites for hydroxylation is 2.